The fourth-order valence-electron chi connectivity index (χ4n) is 3.03. The van der Waals surface area contributed by atoms with E-state index in [1.165, 1.54) is 11.6 Å². The second kappa shape index (κ2) is 10.00. The van der Waals surface area contributed by atoms with Crippen LogP contribution in [0.2, 0.25) is 0 Å². The fourth-order valence-corrected chi connectivity index (χ4v) is 3.03. The monoisotopic (exact) mass is 374 g/mol. The molecule has 1 heterocycles. The molecule has 1 fully saturated rings. The zero-order valence-electron chi connectivity index (χ0n) is 16.4. The summed E-state index contributed by atoms with van der Waals surface area (Å²) in [7, 11) is 0. The summed E-state index contributed by atoms with van der Waals surface area (Å²) in [6.07, 6.45) is 1.94. The van der Waals surface area contributed by atoms with E-state index in [0.717, 1.165) is 0 Å². The summed E-state index contributed by atoms with van der Waals surface area (Å²) in [5.41, 5.74) is 1.24. The van der Waals surface area contributed by atoms with E-state index in [2.05, 4.69) is 25.7 Å². The number of alkyl carbamates (subject to hydrolysis) is 1. The van der Waals surface area contributed by atoms with E-state index in [0.29, 0.717) is 37.6 Å². The highest BCUT2D eigenvalue weighted by molar-refractivity contribution is 5.81. The minimum absolute atomic E-state index is 0.0196. The minimum atomic E-state index is -0.544. The number of benzene rings is 1. The first-order valence-electron chi connectivity index (χ1n) is 9.50. The van der Waals surface area contributed by atoms with Gasteiger partial charge in [-0.05, 0) is 43.4 Å². The van der Waals surface area contributed by atoms with Crippen LogP contribution in [0.4, 0.5) is 4.79 Å². The predicted octanol–water partition coefficient (Wildman–Crippen LogP) is 3.48. The lowest BCUT2D eigenvalue weighted by molar-refractivity contribution is -0.139. The molecule has 0 bridgehead atoms. The molecule has 27 heavy (non-hydrogen) atoms. The van der Waals surface area contributed by atoms with Gasteiger partial charge in [-0.15, -0.1) is 0 Å². The SMILES string of the molecule is C=CCOC(=O)NC1CCN(C(=O)C(C)Oc2ccc(C(C)C)cc2)CC1. The first kappa shape index (κ1) is 20.8. The number of piperidine rings is 1. The standard InChI is InChI=1S/C21H30N2O4/c1-5-14-26-21(25)22-18-10-12-23(13-11-18)20(24)16(4)27-19-8-6-17(7-9-19)15(2)3/h5-9,15-16,18H,1,10-14H2,2-4H3,(H,22,25). The molecule has 1 unspecified atom stereocenters. The molecular weight excluding hydrogens is 344 g/mol. The van der Waals surface area contributed by atoms with Gasteiger partial charge in [0, 0.05) is 19.1 Å². The average molecular weight is 374 g/mol. The van der Waals surface area contributed by atoms with Crippen molar-refractivity contribution in [2.24, 2.45) is 0 Å². The van der Waals surface area contributed by atoms with Crippen LogP contribution in [0.5, 0.6) is 5.75 Å². The number of likely N-dealkylation sites (tertiary alicyclic amines) is 1. The van der Waals surface area contributed by atoms with Crippen LogP contribution < -0.4 is 10.1 Å². The smallest absolute Gasteiger partial charge is 0.407 e. The molecule has 1 aliphatic rings. The largest absolute Gasteiger partial charge is 0.481 e. The lowest BCUT2D eigenvalue weighted by Crippen LogP contribution is -2.49. The summed E-state index contributed by atoms with van der Waals surface area (Å²) in [6, 6.07) is 7.89. The third-order valence-corrected chi connectivity index (χ3v) is 4.67. The molecule has 0 radical (unpaired) electrons. The molecule has 0 spiro atoms. The summed E-state index contributed by atoms with van der Waals surface area (Å²) in [6.45, 7) is 10.9. The number of carbonyl (C=O) groups excluding carboxylic acids is 2. The Hall–Kier alpha value is -2.50. The van der Waals surface area contributed by atoms with Crippen LogP contribution in [0.25, 0.3) is 0 Å². The normalized spacial score (nSPS) is 15.9. The van der Waals surface area contributed by atoms with Crippen molar-refractivity contribution >= 4 is 12.0 Å². The number of ether oxygens (including phenoxy) is 2. The van der Waals surface area contributed by atoms with E-state index in [1.54, 1.807) is 11.8 Å². The highest BCUT2D eigenvalue weighted by Gasteiger charge is 2.27. The fraction of sp³-hybridized carbons (Fsp3) is 0.524. The molecule has 0 saturated carbocycles. The molecule has 0 aromatic heterocycles. The van der Waals surface area contributed by atoms with Gasteiger partial charge in [-0.2, -0.15) is 0 Å². The molecule has 1 aromatic carbocycles. The molecule has 1 aliphatic heterocycles. The molecule has 1 N–H and O–H groups in total. The predicted molar refractivity (Wildman–Crippen MR) is 105 cm³/mol. The lowest BCUT2D eigenvalue weighted by atomic mass is 10.0. The maximum absolute atomic E-state index is 12.6. The van der Waals surface area contributed by atoms with Crippen molar-refractivity contribution in [2.45, 2.75) is 51.7 Å². The minimum Gasteiger partial charge on any atom is -0.481 e. The van der Waals surface area contributed by atoms with Gasteiger partial charge in [-0.1, -0.05) is 38.6 Å². The number of carbonyl (C=O) groups is 2. The van der Waals surface area contributed by atoms with Crippen molar-refractivity contribution in [2.75, 3.05) is 19.7 Å². The van der Waals surface area contributed by atoms with Crippen LogP contribution in [-0.4, -0.2) is 48.7 Å². The van der Waals surface area contributed by atoms with Crippen LogP contribution in [0.3, 0.4) is 0 Å². The Bertz CT molecular complexity index is 634. The van der Waals surface area contributed by atoms with Crippen LogP contribution in [-0.2, 0) is 9.53 Å². The van der Waals surface area contributed by atoms with E-state index in [9.17, 15) is 9.59 Å². The van der Waals surface area contributed by atoms with Crippen molar-refractivity contribution in [3.05, 3.63) is 42.5 Å². The van der Waals surface area contributed by atoms with Gasteiger partial charge in [0.05, 0.1) is 0 Å². The molecular formula is C21H30N2O4. The van der Waals surface area contributed by atoms with Gasteiger partial charge in [-0.25, -0.2) is 4.79 Å². The van der Waals surface area contributed by atoms with E-state index in [4.69, 9.17) is 9.47 Å². The van der Waals surface area contributed by atoms with Gasteiger partial charge in [0.2, 0.25) is 0 Å². The average Bonchev–Trinajstić information content (AvgIpc) is 2.66. The molecule has 148 valence electrons. The Labute approximate surface area is 161 Å². The van der Waals surface area contributed by atoms with Gasteiger partial charge in [0.1, 0.15) is 12.4 Å². The van der Waals surface area contributed by atoms with Gasteiger partial charge in [-0.3, -0.25) is 4.79 Å². The Balaban J connectivity index is 1.79. The van der Waals surface area contributed by atoms with Crippen molar-refractivity contribution in [3.8, 4) is 5.75 Å². The molecule has 1 atom stereocenters. The van der Waals surface area contributed by atoms with Crippen LogP contribution in [0.15, 0.2) is 36.9 Å². The van der Waals surface area contributed by atoms with Gasteiger partial charge in [0.25, 0.3) is 5.91 Å². The molecule has 0 aliphatic carbocycles. The van der Waals surface area contributed by atoms with Crippen molar-refractivity contribution in [3.63, 3.8) is 0 Å². The Morgan fingerprint density at radius 1 is 1.22 bits per heavy atom. The summed E-state index contributed by atoms with van der Waals surface area (Å²) >= 11 is 0. The number of hydrogen-bond acceptors (Lipinski definition) is 4. The Morgan fingerprint density at radius 3 is 2.41 bits per heavy atom. The number of nitrogens with one attached hydrogen (secondary N) is 1. The Morgan fingerprint density at radius 2 is 1.85 bits per heavy atom. The first-order chi connectivity index (χ1) is 12.9. The molecule has 1 saturated heterocycles. The van der Waals surface area contributed by atoms with E-state index < -0.39 is 12.2 Å². The van der Waals surface area contributed by atoms with Crippen LogP contribution >= 0.6 is 0 Å². The van der Waals surface area contributed by atoms with Gasteiger partial charge < -0.3 is 19.7 Å². The lowest BCUT2D eigenvalue weighted by Gasteiger charge is -2.33. The van der Waals surface area contributed by atoms with Crippen LogP contribution in [0.1, 0.15) is 45.1 Å². The van der Waals surface area contributed by atoms with Gasteiger partial charge in [0.15, 0.2) is 6.10 Å². The highest BCUT2D eigenvalue weighted by Crippen LogP contribution is 2.20. The van der Waals surface area contributed by atoms with Crippen molar-refractivity contribution in [1.82, 2.24) is 10.2 Å². The van der Waals surface area contributed by atoms with Crippen molar-refractivity contribution < 1.29 is 19.1 Å². The van der Waals surface area contributed by atoms with E-state index in [1.807, 2.05) is 24.3 Å². The maximum atomic E-state index is 12.6. The first-order valence-corrected chi connectivity index (χ1v) is 9.50. The second-order valence-electron chi connectivity index (χ2n) is 7.11. The molecule has 6 nitrogen and oxygen atoms in total. The number of nitrogens with zero attached hydrogens (tertiary/aromatic N) is 1. The van der Waals surface area contributed by atoms with E-state index >= 15 is 0 Å². The van der Waals surface area contributed by atoms with Crippen LogP contribution in [0, 0.1) is 0 Å². The molecule has 2 rings (SSSR count). The summed E-state index contributed by atoms with van der Waals surface area (Å²) in [5, 5.41) is 2.82. The summed E-state index contributed by atoms with van der Waals surface area (Å²) < 4.78 is 10.7. The Kier molecular flexibility index (Phi) is 7.70. The van der Waals surface area contributed by atoms with Gasteiger partial charge >= 0.3 is 6.09 Å². The third-order valence-electron chi connectivity index (χ3n) is 4.67. The second-order valence-corrected chi connectivity index (χ2v) is 7.11. The van der Waals surface area contributed by atoms with Crippen molar-refractivity contribution in [1.29, 1.82) is 0 Å². The maximum Gasteiger partial charge on any atom is 0.407 e. The quantitative estimate of drug-likeness (QED) is 0.742. The zero-order valence-corrected chi connectivity index (χ0v) is 16.4. The van der Waals surface area contributed by atoms with E-state index in [-0.39, 0.29) is 18.6 Å². The molecule has 6 heteroatoms. The summed E-state index contributed by atoms with van der Waals surface area (Å²) in [4.78, 5) is 26.0. The molecule has 2 amide bonds. The third kappa shape index (κ3) is 6.31. The number of hydrogen-bond donors (Lipinski definition) is 1. The number of rotatable bonds is 7. The summed E-state index contributed by atoms with van der Waals surface area (Å²) in [5.74, 6) is 1.12. The number of amides is 2. The topological polar surface area (TPSA) is 67.9 Å². The zero-order chi connectivity index (χ0) is 19.8. The highest BCUT2D eigenvalue weighted by atomic mass is 16.5. The molecule has 1 aromatic rings.